The van der Waals surface area contributed by atoms with E-state index in [-0.39, 0.29) is 0 Å². The Morgan fingerprint density at radius 2 is 1.60 bits per heavy atom. The summed E-state index contributed by atoms with van der Waals surface area (Å²) in [5.74, 6) is 0.894. The molecule has 2 fully saturated rings. The van der Waals surface area contributed by atoms with E-state index in [2.05, 4.69) is 31.2 Å². The summed E-state index contributed by atoms with van der Waals surface area (Å²) in [7, 11) is 4.58. The predicted octanol–water partition coefficient (Wildman–Crippen LogP) is 4.20. The van der Waals surface area contributed by atoms with Gasteiger partial charge < -0.3 is 10.2 Å². The Hall–Kier alpha value is -0.0800. The summed E-state index contributed by atoms with van der Waals surface area (Å²) in [6.07, 6.45) is 15.6. The molecule has 0 saturated heterocycles. The van der Waals surface area contributed by atoms with Crippen LogP contribution in [0.1, 0.15) is 77.6 Å². The second-order valence-corrected chi connectivity index (χ2v) is 7.74. The molecule has 0 aromatic heterocycles. The molecule has 0 aromatic carbocycles. The fraction of sp³-hybridized carbons (Fsp3) is 1.00. The van der Waals surface area contributed by atoms with Crippen molar-refractivity contribution in [2.24, 2.45) is 5.92 Å². The van der Waals surface area contributed by atoms with Crippen molar-refractivity contribution in [3.63, 3.8) is 0 Å². The molecular weight excluding hydrogens is 244 g/mol. The number of hydrogen-bond acceptors (Lipinski definition) is 2. The standard InChI is InChI=1S/C18H36N2/c1-16-10-9-13-18(14-16,20(2)3)15-19-17-11-7-5-4-6-8-12-17/h16-17,19H,4-15H2,1-3H3. The lowest BCUT2D eigenvalue weighted by molar-refractivity contribution is 0.0711. The molecule has 0 aliphatic heterocycles. The van der Waals surface area contributed by atoms with E-state index in [0.717, 1.165) is 12.0 Å². The Labute approximate surface area is 126 Å². The van der Waals surface area contributed by atoms with Crippen molar-refractivity contribution in [2.75, 3.05) is 20.6 Å². The first-order valence-electron chi connectivity index (χ1n) is 9.03. The summed E-state index contributed by atoms with van der Waals surface area (Å²) in [6, 6.07) is 0.782. The Morgan fingerprint density at radius 3 is 2.20 bits per heavy atom. The molecule has 2 heteroatoms. The van der Waals surface area contributed by atoms with Crippen molar-refractivity contribution >= 4 is 0 Å². The van der Waals surface area contributed by atoms with E-state index < -0.39 is 0 Å². The third-order valence-electron chi connectivity index (χ3n) is 5.84. The van der Waals surface area contributed by atoms with Crippen LogP contribution in [0.25, 0.3) is 0 Å². The molecule has 2 rings (SSSR count). The first kappa shape index (κ1) is 16.3. The van der Waals surface area contributed by atoms with Crippen LogP contribution in [0.4, 0.5) is 0 Å². The zero-order valence-corrected chi connectivity index (χ0v) is 14.1. The van der Waals surface area contributed by atoms with Crippen molar-refractivity contribution in [3.05, 3.63) is 0 Å². The summed E-state index contributed by atoms with van der Waals surface area (Å²) >= 11 is 0. The summed E-state index contributed by atoms with van der Waals surface area (Å²) in [4.78, 5) is 2.51. The van der Waals surface area contributed by atoms with Crippen LogP contribution in [-0.4, -0.2) is 37.1 Å². The Bertz CT molecular complexity index is 269. The maximum Gasteiger partial charge on any atom is 0.0330 e. The minimum atomic E-state index is 0.417. The Balaban J connectivity index is 1.87. The molecule has 118 valence electrons. The van der Waals surface area contributed by atoms with E-state index in [1.54, 1.807) is 0 Å². The highest BCUT2D eigenvalue weighted by atomic mass is 15.2. The largest absolute Gasteiger partial charge is 0.312 e. The Morgan fingerprint density at radius 1 is 0.950 bits per heavy atom. The second-order valence-electron chi connectivity index (χ2n) is 7.74. The monoisotopic (exact) mass is 280 g/mol. The van der Waals surface area contributed by atoms with Crippen LogP contribution in [0.15, 0.2) is 0 Å². The second kappa shape index (κ2) is 7.79. The highest BCUT2D eigenvalue weighted by molar-refractivity contribution is 4.95. The van der Waals surface area contributed by atoms with Gasteiger partial charge in [-0.15, -0.1) is 0 Å². The molecule has 0 aromatic rings. The predicted molar refractivity (Wildman–Crippen MR) is 88.2 cm³/mol. The fourth-order valence-corrected chi connectivity index (χ4v) is 4.35. The minimum absolute atomic E-state index is 0.417. The summed E-state index contributed by atoms with van der Waals surface area (Å²) < 4.78 is 0. The zero-order valence-electron chi connectivity index (χ0n) is 14.1. The van der Waals surface area contributed by atoms with E-state index in [1.165, 1.54) is 77.2 Å². The molecule has 1 N–H and O–H groups in total. The topological polar surface area (TPSA) is 15.3 Å². The molecular formula is C18H36N2. The van der Waals surface area contributed by atoms with E-state index in [0.29, 0.717) is 5.54 Å². The van der Waals surface area contributed by atoms with Gasteiger partial charge in [0.2, 0.25) is 0 Å². The number of rotatable bonds is 4. The van der Waals surface area contributed by atoms with E-state index in [4.69, 9.17) is 0 Å². The van der Waals surface area contributed by atoms with Crippen molar-refractivity contribution < 1.29 is 0 Å². The molecule has 2 atom stereocenters. The third-order valence-corrected chi connectivity index (χ3v) is 5.84. The molecule has 2 unspecified atom stereocenters. The summed E-state index contributed by atoms with van der Waals surface area (Å²) in [6.45, 7) is 3.64. The van der Waals surface area contributed by atoms with Crippen LogP contribution in [0.5, 0.6) is 0 Å². The van der Waals surface area contributed by atoms with Crippen LogP contribution in [0.2, 0.25) is 0 Å². The van der Waals surface area contributed by atoms with Gasteiger partial charge in [-0.2, -0.15) is 0 Å². The van der Waals surface area contributed by atoms with Gasteiger partial charge in [-0.1, -0.05) is 51.9 Å². The van der Waals surface area contributed by atoms with Gasteiger partial charge in [0.25, 0.3) is 0 Å². The van der Waals surface area contributed by atoms with Gasteiger partial charge in [-0.25, -0.2) is 0 Å². The molecule has 0 bridgehead atoms. The maximum absolute atomic E-state index is 3.96. The highest BCUT2D eigenvalue weighted by Crippen LogP contribution is 2.35. The van der Waals surface area contributed by atoms with Gasteiger partial charge in [-0.05, 0) is 45.7 Å². The lowest BCUT2D eigenvalue weighted by Crippen LogP contribution is -2.55. The molecule has 0 radical (unpaired) electrons. The van der Waals surface area contributed by atoms with Crippen molar-refractivity contribution in [1.29, 1.82) is 0 Å². The van der Waals surface area contributed by atoms with Gasteiger partial charge in [0.05, 0.1) is 0 Å². The number of nitrogens with one attached hydrogen (secondary N) is 1. The molecule has 0 spiro atoms. The molecule has 2 saturated carbocycles. The van der Waals surface area contributed by atoms with Gasteiger partial charge in [0.1, 0.15) is 0 Å². The molecule has 2 aliphatic carbocycles. The van der Waals surface area contributed by atoms with Crippen molar-refractivity contribution in [3.8, 4) is 0 Å². The van der Waals surface area contributed by atoms with Crippen LogP contribution < -0.4 is 5.32 Å². The molecule has 0 heterocycles. The summed E-state index contributed by atoms with van der Waals surface area (Å²) in [5.41, 5.74) is 0.417. The molecule has 2 aliphatic rings. The molecule has 20 heavy (non-hydrogen) atoms. The lowest BCUT2D eigenvalue weighted by atomic mass is 9.75. The maximum atomic E-state index is 3.96. The first-order valence-corrected chi connectivity index (χ1v) is 9.03. The lowest BCUT2D eigenvalue weighted by Gasteiger charge is -2.46. The van der Waals surface area contributed by atoms with E-state index in [9.17, 15) is 0 Å². The number of likely N-dealkylation sites (N-methyl/N-ethyl adjacent to an activating group) is 1. The van der Waals surface area contributed by atoms with Gasteiger partial charge in [0.15, 0.2) is 0 Å². The highest BCUT2D eigenvalue weighted by Gasteiger charge is 2.37. The van der Waals surface area contributed by atoms with Crippen molar-refractivity contribution in [2.45, 2.75) is 89.1 Å². The Kier molecular flexibility index (Phi) is 6.35. The minimum Gasteiger partial charge on any atom is -0.312 e. The number of nitrogens with zero attached hydrogens (tertiary/aromatic N) is 1. The van der Waals surface area contributed by atoms with Gasteiger partial charge in [-0.3, -0.25) is 0 Å². The van der Waals surface area contributed by atoms with Gasteiger partial charge in [0, 0.05) is 18.1 Å². The number of hydrogen-bond donors (Lipinski definition) is 1. The van der Waals surface area contributed by atoms with Crippen LogP contribution in [0.3, 0.4) is 0 Å². The molecule has 2 nitrogen and oxygen atoms in total. The average Bonchev–Trinajstić information content (AvgIpc) is 2.37. The fourth-order valence-electron chi connectivity index (χ4n) is 4.35. The van der Waals surface area contributed by atoms with Crippen LogP contribution in [-0.2, 0) is 0 Å². The quantitative estimate of drug-likeness (QED) is 0.830. The summed E-state index contributed by atoms with van der Waals surface area (Å²) in [5, 5.41) is 3.96. The van der Waals surface area contributed by atoms with Crippen LogP contribution in [0, 0.1) is 5.92 Å². The van der Waals surface area contributed by atoms with Gasteiger partial charge >= 0.3 is 0 Å². The SMILES string of the molecule is CC1CCCC(CNC2CCCCCCC2)(N(C)C)C1. The van der Waals surface area contributed by atoms with E-state index >= 15 is 0 Å². The van der Waals surface area contributed by atoms with Crippen molar-refractivity contribution in [1.82, 2.24) is 10.2 Å². The zero-order chi connectivity index (χ0) is 14.4. The third kappa shape index (κ3) is 4.46. The average molecular weight is 280 g/mol. The molecule has 0 amide bonds. The van der Waals surface area contributed by atoms with E-state index in [1.807, 2.05) is 0 Å². The first-order chi connectivity index (χ1) is 9.62. The smallest absolute Gasteiger partial charge is 0.0330 e. The normalized spacial score (nSPS) is 33.9. The van der Waals surface area contributed by atoms with Crippen LogP contribution >= 0.6 is 0 Å².